The summed E-state index contributed by atoms with van der Waals surface area (Å²) < 4.78 is 1.61. The van der Waals surface area contributed by atoms with E-state index in [9.17, 15) is 14.4 Å². The molecule has 0 bridgehead atoms. The number of benzene rings is 2. The molecule has 39 heavy (non-hydrogen) atoms. The van der Waals surface area contributed by atoms with Gasteiger partial charge in [0, 0.05) is 9.75 Å². The van der Waals surface area contributed by atoms with E-state index in [1.165, 1.54) is 28.0 Å². The number of hydrogen-bond donors (Lipinski definition) is 2. The maximum atomic E-state index is 13.8. The van der Waals surface area contributed by atoms with E-state index in [-0.39, 0.29) is 22.8 Å². The van der Waals surface area contributed by atoms with Gasteiger partial charge < -0.3 is 11.1 Å². The van der Waals surface area contributed by atoms with Crippen LogP contribution in [-0.2, 0) is 17.6 Å². The number of amides is 2. The number of carbonyl (C=O) groups is 2. The maximum absolute atomic E-state index is 13.8. The second-order valence-corrected chi connectivity index (χ2v) is 12.3. The number of fused-ring (bicyclic) bond motifs is 3. The van der Waals surface area contributed by atoms with Gasteiger partial charge in [0.2, 0.25) is 5.91 Å². The molecule has 3 N–H and O–H groups in total. The molecule has 3 heterocycles. The highest BCUT2D eigenvalue weighted by molar-refractivity contribution is 7.99. The minimum absolute atomic E-state index is 0.00659. The molecular formula is C29H24N4O3S3. The predicted molar refractivity (Wildman–Crippen MR) is 159 cm³/mol. The molecule has 7 nitrogen and oxygen atoms in total. The molecular weight excluding hydrogens is 549 g/mol. The number of aromatic nitrogens is 2. The van der Waals surface area contributed by atoms with E-state index < -0.39 is 5.91 Å². The summed E-state index contributed by atoms with van der Waals surface area (Å²) in [5.41, 5.74) is 8.54. The van der Waals surface area contributed by atoms with Crippen molar-refractivity contribution in [2.75, 3.05) is 11.1 Å². The average Bonchev–Trinajstić information content (AvgIpc) is 3.54. The lowest BCUT2D eigenvalue weighted by molar-refractivity contribution is -0.113. The van der Waals surface area contributed by atoms with Crippen LogP contribution in [0, 0.1) is 0 Å². The quantitative estimate of drug-likeness (QED) is 0.187. The Morgan fingerprint density at radius 2 is 1.72 bits per heavy atom. The first-order chi connectivity index (χ1) is 19.0. The SMILES string of the molecule is NC(=O)c1cc(-c2ccccc2)sc1NC(=O)CSc1nc2sc3c(c2c(=O)n1-c1ccccc1)CCCC3. The van der Waals surface area contributed by atoms with E-state index in [2.05, 4.69) is 5.32 Å². The summed E-state index contributed by atoms with van der Waals surface area (Å²) in [4.78, 5) is 46.7. The van der Waals surface area contributed by atoms with Crippen LogP contribution >= 0.6 is 34.4 Å². The summed E-state index contributed by atoms with van der Waals surface area (Å²) in [6.45, 7) is 0. The van der Waals surface area contributed by atoms with Crippen molar-refractivity contribution in [3.8, 4) is 16.1 Å². The minimum Gasteiger partial charge on any atom is -0.366 e. The molecule has 3 aromatic heterocycles. The van der Waals surface area contributed by atoms with E-state index >= 15 is 0 Å². The lowest BCUT2D eigenvalue weighted by Crippen LogP contribution is -2.23. The first-order valence-electron chi connectivity index (χ1n) is 12.5. The summed E-state index contributed by atoms with van der Waals surface area (Å²) in [6, 6.07) is 20.7. The molecule has 5 aromatic rings. The summed E-state index contributed by atoms with van der Waals surface area (Å²) >= 11 is 4.08. The Bertz CT molecular complexity index is 1760. The van der Waals surface area contributed by atoms with Crippen LogP contribution in [0.15, 0.2) is 76.7 Å². The van der Waals surface area contributed by atoms with Crippen LogP contribution in [0.5, 0.6) is 0 Å². The number of thioether (sulfide) groups is 1. The van der Waals surface area contributed by atoms with Crippen molar-refractivity contribution in [1.29, 1.82) is 0 Å². The Morgan fingerprint density at radius 3 is 2.46 bits per heavy atom. The number of aryl methyl sites for hydroxylation is 2. The number of thiophene rings is 2. The predicted octanol–water partition coefficient (Wildman–Crippen LogP) is 5.88. The average molecular weight is 573 g/mol. The first-order valence-corrected chi connectivity index (χ1v) is 15.2. The molecule has 0 fully saturated rings. The third-order valence-corrected chi connectivity index (χ3v) is 9.84. The van der Waals surface area contributed by atoms with Gasteiger partial charge in [-0.3, -0.25) is 19.0 Å². The van der Waals surface area contributed by atoms with E-state index in [4.69, 9.17) is 10.7 Å². The second kappa shape index (κ2) is 10.8. The van der Waals surface area contributed by atoms with Crippen molar-refractivity contribution in [2.45, 2.75) is 30.8 Å². The molecule has 10 heteroatoms. The summed E-state index contributed by atoms with van der Waals surface area (Å²) in [6.07, 6.45) is 4.06. The zero-order chi connectivity index (χ0) is 26.9. The highest BCUT2D eigenvalue weighted by Gasteiger charge is 2.24. The number of nitrogens with one attached hydrogen (secondary N) is 1. The van der Waals surface area contributed by atoms with Crippen molar-refractivity contribution in [3.05, 3.63) is 93.1 Å². The fraction of sp³-hybridized carbons (Fsp3) is 0.172. The minimum atomic E-state index is -0.608. The van der Waals surface area contributed by atoms with Crippen LogP contribution in [0.25, 0.3) is 26.3 Å². The Labute approximate surface area is 236 Å². The van der Waals surface area contributed by atoms with Gasteiger partial charge >= 0.3 is 0 Å². The van der Waals surface area contributed by atoms with Gasteiger partial charge in [0.1, 0.15) is 9.83 Å². The van der Waals surface area contributed by atoms with Gasteiger partial charge in [0.05, 0.1) is 22.4 Å². The van der Waals surface area contributed by atoms with E-state index in [1.807, 2.05) is 60.7 Å². The Hall–Kier alpha value is -3.73. The van der Waals surface area contributed by atoms with Crippen LogP contribution in [0.2, 0.25) is 0 Å². The normalized spacial score (nSPS) is 12.8. The van der Waals surface area contributed by atoms with Gasteiger partial charge in [-0.2, -0.15) is 0 Å². The largest absolute Gasteiger partial charge is 0.366 e. The number of nitrogens with two attached hydrogens (primary N) is 1. The molecule has 2 amide bonds. The number of hydrogen-bond acceptors (Lipinski definition) is 7. The third-order valence-electron chi connectivity index (χ3n) is 6.61. The number of carbonyl (C=O) groups excluding carboxylic acids is 2. The van der Waals surface area contributed by atoms with Gasteiger partial charge in [-0.25, -0.2) is 4.98 Å². The molecule has 0 unspecified atom stereocenters. The highest BCUT2D eigenvalue weighted by atomic mass is 32.2. The number of primary amides is 1. The second-order valence-electron chi connectivity index (χ2n) is 9.18. The number of para-hydroxylation sites is 1. The maximum Gasteiger partial charge on any atom is 0.267 e. The van der Waals surface area contributed by atoms with Crippen molar-refractivity contribution < 1.29 is 9.59 Å². The summed E-state index contributed by atoms with van der Waals surface area (Å²) in [5.74, 6) is -0.918. The summed E-state index contributed by atoms with van der Waals surface area (Å²) in [7, 11) is 0. The molecule has 0 saturated carbocycles. The lowest BCUT2D eigenvalue weighted by Gasteiger charge is -2.13. The Morgan fingerprint density at radius 1 is 1.00 bits per heavy atom. The lowest BCUT2D eigenvalue weighted by atomic mass is 9.97. The fourth-order valence-electron chi connectivity index (χ4n) is 4.79. The zero-order valence-electron chi connectivity index (χ0n) is 20.8. The van der Waals surface area contributed by atoms with Crippen molar-refractivity contribution in [1.82, 2.24) is 9.55 Å². The molecule has 2 aromatic carbocycles. The zero-order valence-corrected chi connectivity index (χ0v) is 23.3. The topological polar surface area (TPSA) is 107 Å². The van der Waals surface area contributed by atoms with Crippen LogP contribution in [0.4, 0.5) is 5.00 Å². The molecule has 196 valence electrons. The monoisotopic (exact) mass is 572 g/mol. The van der Waals surface area contributed by atoms with Gasteiger partial charge in [0.25, 0.3) is 11.5 Å². The molecule has 0 saturated heterocycles. The Balaban J connectivity index is 1.31. The highest BCUT2D eigenvalue weighted by Crippen LogP contribution is 2.37. The van der Waals surface area contributed by atoms with Crippen LogP contribution in [0.1, 0.15) is 33.6 Å². The van der Waals surface area contributed by atoms with Crippen molar-refractivity contribution in [2.24, 2.45) is 5.73 Å². The van der Waals surface area contributed by atoms with E-state index in [0.717, 1.165) is 46.5 Å². The Kier molecular flexibility index (Phi) is 7.07. The molecule has 0 aliphatic heterocycles. The standard InChI is InChI=1S/C29H24N4O3S3/c30-25(35)20-15-22(17-9-3-1-4-10-17)39-26(20)31-23(34)16-37-29-32-27-24(19-13-7-8-14-21(19)38-27)28(36)33(29)18-11-5-2-6-12-18/h1-6,9-12,15H,7-8,13-14,16H2,(H2,30,35)(H,31,34). The van der Waals surface area contributed by atoms with Crippen LogP contribution in [-0.4, -0.2) is 27.1 Å². The smallest absolute Gasteiger partial charge is 0.267 e. The first kappa shape index (κ1) is 25.5. The van der Waals surface area contributed by atoms with E-state index in [1.54, 1.807) is 22.0 Å². The van der Waals surface area contributed by atoms with Gasteiger partial charge in [-0.15, -0.1) is 22.7 Å². The molecule has 0 atom stereocenters. The fourth-order valence-corrected chi connectivity index (χ4v) is 7.99. The van der Waals surface area contributed by atoms with Gasteiger partial charge in [-0.05, 0) is 55.0 Å². The van der Waals surface area contributed by atoms with Crippen molar-refractivity contribution >= 4 is 61.5 Å². The number of nitrogens with zero attached hydrogens (tertiary/aromatic N) is 2. The molecule has 6 rings (SSSR count). The van der Waals surface area contributed by atoms with Crippen molar-refractivity contribution in [3.63, 3.8) is 0 Å². The van der Waals surface area contributed by atoms with Gasteiger partial charge in [-0.1, -0.05) is 60.3 Å². The van der Waals surface area contributed by atoms with Crippen LogP contribution < -0.4 is 16.6 Å². The molecule has 1 aliphatic carbocycles. The van der Waals surface area contributed by atoms with Crippen LogP contribution in [0.3, 0.4) is 0 Å². The molecule has 1 aliphatic rings. The molecule has 0 radical (unpaired) electrons. The van der Waals surface area contributed by atoms with E-state index in [0.29, 0.717) is 21.2 Å². The summed E-state index contributed by atoms with van der Waals surface area (Å²) in [5, 5.41) is 4.41. The molecule has 0 spiro atoms. The third kappa shape index (κ3) is 5.03. The number of anilines is 1. The number of rotatable bonds is 7. The van der Waals surface area contributed by atoms with Gasteiger partial charge in [0.15, 0.2) is 5.16 Å².